The van der Waals surface area contributed by atoms with Crippen molar-refractivity contribution in [1.82, 2.24) is 0 Å². The van der Waals surface area contributed by atoms with Gasteiger partial charge in [-0.05, 0) is 20.8 Å². The van der Waals surface area contributed by atoms with Gasteiger partial charge in [-0.1, -0.05) is 6.92 Å². The van der Waals surface area contributed by atoms with Crippen molar-refractivity contribution in [2.75, 3.05) is 13.2 Å². The molecule has 0 aromatic heterocycles. The lowest BCUT2D eigenvalue weighted by Gasteiger charge is -2.30. The molecule has 1 unspecified atom stereocenters. The Balaban J connectivity index is 4.43. The Bertz CT molecular complexity index is 203. The summed E-state index contributed by atoms with van der Waals surface area (Å²) in [7, 11) is -2.68. The van der Waals surface area contributed by atoms with Gasteiger partial charge in [0, 0.05) is 26.2 Å². The summed E-state index contributed by atoms with van der Waals surface area (Å²) < 4.78 is 21.7. The van der Waals surface area contributed by atoms with Crippen molar-refractivity contribution < 1.29 is 22.8 Å². The van der Waals surface area contributed by atoms with E-state index in [1.54, 1.807) is 6.92 Å². The van der Waals surface area contributed by atoms with Gasteiger partial charge >= 0.3 is 14.8 Å². The first kappa shape index (κ1) is 15.6. The van der Waals surface area contributed by atoms with E-state index >= 15 is 0 Å². The zero-order valence-corrected chi connectivity index (χ0v) is 11.7. The van der Waals surface area contributed by atoms with E-state index in [0.717, 1.165) is 0 Å². The zero-order valence-electron chi connectivity index (χ0n) is 10.7. The molecule has 16 heavy (non-hydrogen) atoms. The molecule has 0 saturated carbocycles. The van der Waals surface area contributed by atoms with Crippen molar-refractivity contribution in [2.45, 2.75) is 47.0 Å². The second-order valence-corrected chi connectivity index (χ2v) is 6.08. The molecule has 0 saturated heterocycles. The Morgan fingerprint density at radius 2 is 1.69 bits per heavy atom. The normalized spacial score (nSPS) is 13.6. The zero-order chi connectivity index (χ0) is 12.6. The van der Waals surface area contributed by atoms with E-state index in [1.165, 1.54) is 6.92 Å². The minimum atomic E-state index is -2.68. The molecule has 96 valence electrons. The first-order valence-electron chi connectivity index (χ1n) is 5.62. The molecule has 0 aliphatic carbocycles. The summed E-state index contributed by atoms with van der Waals surface area (Å²) in [5.74, 6) is -0.375. The molecule has 0 heterocycles. The van der Waals surface area contributed by atoms with Gasteiger partial charge in [0.2, 0.25) is 0 Å². The number of carbonyl (C=O) groups excluding carboxylic acids is 1. The Morgan fingerprint density at radius 1 is 1.19 bits per heavy atom. The van der Waals surface area contributed by atoms with Crippen LogP contribution in [0.2, 0.25) is 6.04 Å². The minimum Gasteiger partial charge on any atom is -0.437 e. The average Bonchev–Trinajstić information content (AvgIpc) is 2.16. The summed E-state index contributed by atoms with van der Waals surface area (Å²) in [6, 6.07) is 0.653. The molecule has 0 N–H and O–H groups in total. The lowest BCUT2D eigenvalue weighted by atomic mass is 10.7. The molecule has 0 radical (unpaired) electrons. The van der Waals surface area contributed by atoms with Crippen LogP contribution in [-0.2, 0) is 22.8 Å². The van der Waals surface area contributed by atoms with Gasteiger partial charge in [-0.3, -0.25) is 4.79 Å². The largest absolute Gasteiger partial charge is 0.503 e. The van der Waals surface area contributed by atoms with Crippen molar-refractivity contribution in [3.05, 3.63) is 0 Å². The van der Waals surface area contributed by atoms with Gasteiger partial charge in [0.1, 0.15) is 0 Å². The van der Waals surface area contributed by atoms with E-state index in [1.807, 2.05) is 20.8 Å². The monoisotopic (exact) mass is 250 g/mol. The fourth-order valence-corrected chi connectivity index (χ4v) is 3.58. The smallest absolute Gasteiger partial charge is 0.437 e. The third-order valence-electron chi connectivity index (χ3n) is 1.84. The van der Waals surface area contributed by atoms with Crippen LogP contribution in [0.4, 0.5) is 0 Å². The summed E-state index contributed by atoms with van der Waals surface area (Å²) in [5, 5.41) is 0. The highest BCUT2D eigenvalue weighted by atomic mass is 28.4. The second kappa shape index (κ2) is 7.78. The summed E-state index contributed by atoms with van der Waals surface area (Å²) in [5.41, 5.74) is 0. The molecular weight excluding hydrogens is 228 g/mol. The van der Waals surface area contributed by atoms with Crippen molar-refractivity contribution >= 4 is 14.8 Å². The first-order valence-corrected chi connectivity index (χ1v) is 7.55. The minimum absolute atomic E-state index is 0.375. The number of esters is 1. The highest BCUT2D eigenvalue weighted by molar-refractivity contribution is 6.60. The molecule has 6 heteroatoms. The maximum Gasteiger partial charge on any atom is 0.503 e. The van der Waals surface area contributed by atoms with Crippen LogP contribution in [0.15, 0.2) is 0 Å². The van der Waals surface area contributed by atoms with Crippen LogP contribution in [0.3, 0.4) is 0 Å². The SMILES string of the molecule is CCO[Si](CC)(OCC)OC(C)OC(C)=O. The van der Waals surface area contributed by atoms with Gasteiger partial charge in [-0.15, -0.1) is 0 Å². The molecule has 0 fully saturated rings. The van der Waals surface area contributed by atoms with Crippen LogP contribution < -0.4 is 0 Å². The second-order valence-electron chi connectivity index (χ2n) is 3.20. The van der Waals surface area contributed by atoms with Crippen molar-refractivity contribution in [3.63, 3.8) is 0 Å². The van der Waals surface area contributed by atoms with Gasteiger partial charge < -0.3 is 18.0 Å². The predicted molar refractivity (Wildman–Crippen MR) is 61.8 cm³/mol. The number of ether oxygens (including phenoxy) is 1. The number of hydrogen-bond donors (Lipinski definition) is 0. The van der Waals surface area contributed by atoms with Gasteiger partial charge in [0.25, 0.3) is 0 Å². The van der Waals surface area contributed by atoms with Crippen molar-refractivity contribution in [3.8, 4) is 0 Å². The van der Waals surface area contributed by atoms with Gasteiger partial charge in [0.05, 0.1) is 0 Å². The van der Waals surface area contributed by atoms with E-state index < -0.39 is 15.1 Å². The van der Waals surface area contributed by atoms with Crippen LogP contribution in [-0.4, -0.2) is 34.3 Å². The van der Waals surface area contributed by atoms with Crippen LogP contribution in [0.5, 0.6) is 0 Å². The van der Waals surface area contributed by atoms with Crippen molar-refractivity contribution in [2.24, 2.45) is 0 Å². The molecule has 0 amide bonds. The summed E-state index contributed by atoms with van der Waals surface area (Å²) in [4.78, 5) is 10.8. The predicted octanol–water partition coefficient (Wildman–Crippen LogP) is 1.94. The van der Waals surface area contributed by atoms with Gasteiger partial charge in [-0.2, -0.15) is 0 Å². The van der Waals surface area contributed by atoms with Crippen LogP contribution >= 0.6 is 0 Å². The maximum absolute atomic E-state index is 10.8. The highest BCUT2D eigenvalue weighted by Gasteiger charge is 2.40. The average molecular weight is 250 g/mol. The fourth-order valence-electron chi connectivity index (χ4n) is 1.35. The molecular formula is C10H22O5Si. The maximum atomic E-state index is 10.8. The van der Waals surface area contributed by atoms with Gasteiger partial charge in [-0.25, -0.2) is 0 Å². The number of carbonyl (C=O) groups is 1. The molecule has 0 aliphatic heterocycles. The van der Waals surface area contributed by atoms with E-state index in [0.29, 0.717) is 19.3 Å². The van der Waals surface area contributed by atoms with Crippen molar-refractivity contribution in [1.29, 1.82) is 0 Å². The third kappa shape index (κ3) is 5.60. The number of hydrogen-bond acceptors (Lipinski definition) is 5. The fraction of sp³-hybridized carbons (Fsp3) is 0.900. The molecule has 0 aromatic carbocycles. The molecule has 1 atom stereocenters. The van der Waals surface area contributed by atoms with Crippen LogP contribution in [0.1, 0.15) is 34.6 Å². The van der Waals surface area contributed by atoms with E-state index in [4.69, 9.17) is 18.0 Å². The summed E-state index contributed by atoms with van der Waals surface area (Å²) >= 11 is 0. The first-order chi connectivity index (χ1) is 7.49. The number of rotatable bonds is 8. The summed E-state index contributed by atoms with van der Waals surface area (Å²) in [6.45, 7) is 9.76. The third-order valence-corrected chi connectivity index (χ3v) is 4.85. The molecule has 5 nitrogen and oxygen atoms in total. The van der Waals surface area contributed by atoms with Gasteiger partial charge in [0.15, 0.2) is 6.29 Å². The Hall–Kier alpha value is -0.433. The Morgan fingerprint density at radius 3 is 2.00 bits per heavy atom. The topological polar surface area (TPSA) is 54.0 Å². The quantitative estimate of drug-likeness (QED) is 0.374. The van der Waals surface area contributed by atoms with Crippen LogP contribution in [0, 0.1) is 0 Å². The molecule has 0 aromatic rings. The summed E-state index contributed by atoms with van der Waals surface area (Å²) in [6.07, 6.45) is -0.637. The molecule has 0 aliphatic rings. The van der Waals surface area contributed by atoms with E-state index in [-0.39, 0.29) is 5.97 Å². The van der Waals surface area contributed by atoms with Crippen LogP contribution in [0.25, 0.3) is 0 Å². The van der Waals surface area contributed by atoms with E-state index in [9.17, 15) is 4.79 Å². The highest BCUT2D eigenvalue weighted by Crippen LogP contribution is 2.18. The Labute approximate surface area is 98.4 Å². The van der Waals surface area contributed by atoms with E-state index in [2.05, 4.69) is 0 Å². The molecule has 0 bridgehead atoms. The standard InChI is InChI=1S/C10H22O5Si/c1-6-12-16(8-3,13-7-2)15-10(5)14-9(4)11/h10H,6-8H2,1-5H3. The molecule has 0 spiro atoms. The lowest BCUT2D eigenvalue weighted by Crippen LogP contribution is -2.48. The lowest BCUT2D eigenvalue weighted by molar-refractivity contribution is -0.164. The molecule has 0 rings (SSSR count). The Kier molecular flexibility index (Phi) is 7.57.